The molecule has 0 saturated carbocycles. The molecule has 0 unspecified atom stereocenters. The first kappa shape index (κ1) is 14.8. The second-order valence-electron chi connectivity index (χ2n) is 4.48. The average molecular weight is 288 g/mol. The number of ketones is 2. The Labute approximate surface area is 122 Å². The molecule has 0 N–H and O–H groups in total. The van der Waals surface area contributed by atoms with Gasteiger partial charge in [0.1, 0.15) is 5.76 Å². The fourth-order valence-corrected chi connectivity index (χ4v) is 2.03. The lowest BCUT2D eigenvalue weighted by Crippen LogP contribution is -2.09. The van der Waals surface area contributed by atoms with E-state index in [9.17, 15) is 9.59 Å². The van der Waals surface area contributed by atoms with Crippen LogP contribution in [0.3, 0.4) is 0 Å². The molecule has 5 nitrogen and oxygen atoms in total. The molecule has 0 radical (unpaired) electrons. The molecule has 0 aliphatic heterocycles. The second-order valence-corrected chi connectivity index (χ2v) is 4.48. The minimum Gasteiger partial charge on any atom is -0.493 e. The van der Waals surface area contributed by atoms with Crippen LogP contribution in [0.25, 0.3) is 0 Å². The molecule has 21 heavy (non-hydrogen) atoms. The van der Waals surface area contributed by atoms with Gasteiger partial charge in [0.05, 0.1) is 32.5 Å². The summed E-state index contributed by atoms with van der Waals surface area (Å²) in [4.78, 5) is 24.2. The molecule has 2 aromatic rings. The summed E-state index contributed by atoms with van der Waals surface area (Å²) in [5, 5.41) is 0. The van der Waals surface area contributed by atoms with Crippen LogP contribution in [0.4, 0.5) is 0 Å². The third-order valence-electron chi connectivity index (χ3n) is 3.19. The zero-order chi connectivity index (χ0) is 15.4. The molecule has 1 heterocycles. The standard InChI is InChI=1S/C16H16O5/c1-10-12(6-7-21-10)14(18)9-13(17)11-4-5-15(19-2)16(8-11)20-3/h4-8H,9H2,1-3H3. The molecule has 0 atom stereocenters. The van der Waals surface area contributed by atoms with Gasteiger partial charge in [-0.05, 0) is 31.2 Å². The number of furan rings is 1. The number of carbonyl (C=O) groups is 2. The number of hydrogen-bond acceptors (Lipinski definition) is 5. The maximum atomic E-state index is 12.2. The quantitative estimate of drug-likeness (QED) is 0.603. The van der Waals surface area contributed by atoms with Gasteiger partial charge >= 0.3 is 0 Å². The summed E-state index contributed by atoms with van der Waals surface area (Å²) < 4.78 is 15.3. The number of aryl methyl sites for hydroxylation is 1. The molecule has 0 aliphatic rings. The Bertz CT molecular complexity index is 669. The van der Waals surface area contributed by atoms with Gasteiger partial charge in [0.15, 0.2) is 23.1 Å². The zero-order valence-corrected chi connectivity index (χ0v) is 12.1. The van der Waals surface area contributed by atoms with Crippen LogP contribution >= 0.6 is 0 Å². The minimum absolute atomic E-state index is 0.212. The number of methoxy groups -OCH3 is 2. The molecule has 2 rings (SSSR count). The molecule has 5 heteroatoms. The van der Waals surface area contributed by atoms with Crippen LogP contribution in [0, 0.1) is 6.92 Å². The second kappa shape index (κ2) is 6.26. The highest BCUT2D eigenvalue weighted by Crippen LogP contribution is 2.28. The number of carbonyl (C=O) groups excluding carboxylic acids is 2. The molecule has 0 amide bonds. The summed E-state index contributed by atoms with van der Waals surface area (Å²) in [5.41, 5.74) is 0.839. The monoisotopic (exact) mass is 288 g/mol. The molecule has 0 bridgehead atoms. The zero-order valence-electron chi connectivity index (χ0n) is 12.1. The Morgan fingerprint density at radius 1 is 1.05 bits per heavy atom. The van der Waals surface area contributed by atoms with Gasteiger partial charge in [0.25, 0.3) is 0 Å². The van der Waals surface area contributed by atoms with E-state index in [0.717, 1.165) is 0 Å². The fraction of sp³-hybridized carbons (Fsp3) is 0.250. The first-order chi connectivity index (χ1) is 10.1. The van der Waals surface area contributed by atoms with Crippen LogP contribution in [0.5, 0.6) is 11.5 Å². The normalized spacial score (nSPS) is 10.2. The van der Waals surface area contributed by atoms with Crippen LogP contribution < -0.4 is 9.47 Å². The Morgan fingerprint density at radius 3 is 2.33 bits per heavy atom. The highest BCUT2D eigenvalue weighted by atomic mass is 16.5. The lowest BCUT2D eigenvalue weighted by atomic mass is 10.0. The van der Waals surface area contributed by atoms with Gasteiger partial charge in [0.2, 0.25) is 0 Å². The molecule has 0 fully saturated rings. The Hall–Kier alpha value is -2.56. The van der Waals surface area contributed by atoms with E-state index >= 15 is 0 Å². The molecule has 1 aromatic carbocycles. The maximum absolute atomic E-state index is 12.2. The number of hydrogen-bond donors (Lipinski definition) is 0. The van der Waals surface area contributed by atoms with Crippen molar-refractivity contribution in [2.45, 2.75) is 13.3 Å². The third-order valence-corrected chi connectivity index (χ3v) is 3.19. The van der Waals surface area contributed by atoms with Crippen molar-refractivity contribution in [2.75, 3.05) is 14.2 Å². The Kier molecular flexibility index (Phi) is 4.42. The van der Waals surface area contributed by atoms with E-state index in [1.165, 1.54) is 20.5 Å². The topological polar surface area (TPSA) is 65.7 Å². The van der Waals surface area contributed by atoms with Crippen molar-refractivity contribution in [1.82, 2.24) is 0 Å². The highest BCUT2D eigenvalue weighted by Gasteiger charge is 2.18. The number of ether oxygens (including phenoxy) is 2. The first-order valence-corrected chi connectivity index (χ1v) is 6.39. The summed E-state index contributed by atoms with van der Waals surface area (Å²) in [6.07, 6.45) is 1.22. The van der Waals surface area contributed by atoms with E-state index in [1.807, 2.05) is 0 Å². The summed E-state index contributed by atoms with van der Waals surface area (Å²) >= 11 is 0. The van der Waals surface area contributed by atoms with Crippen molar-refractivity contribution in [3.8, 4) is 11.5 Å². The average Bonchev–Trinajstić information content (AvgIpc) is 2.92. The van der Waals surface area contributed by atoms with Crippen molar-refractivity contribution in [2.24, 2.45) is 0 Å². The van der Waals surface area contributed by atoms with Crippen LogP contribution in [0.15, 0.2) is 34.9 Å². The molecule has 0 spiro atoms. The van der Waals surface area contributed by atoms with Crippen molar-refractivity contribution in [3.05, 3.63) is 47.4 Å². The lowest BCUT2D eigenvalue weighted by Gasteiger charge is -2.08. The van der Waals surface area contributed by atoms with Crippen molar-refractivity contribution in [1.29, 1.82) is 0 Å². The van der Waals surface area contributed by atoms with E-state index in [4.69, 9.17) is 13.9 Å². The van der Waals surface area contributed by atoms with Gasteiger partial charge in [-0.1, -0.05) is 0 Å². The van der Waals surface area contributed by atoms with Crippen LogP contribution in [0.1, 0.15) is 32.9 Å². The largest absolute Gasteiger partial charge is 0.493 e. The smallest absolute Gasteiger partial charge is 0.174 e. The predicted molar refractivity (Wildman–Crippen MR) is 76.3 cm³/mol. The van der Waals surface area contributed by atoms with Crippen molar-refractivity contribution in [3.63, 3.8) is 0 Å². The first-order valence-electron chi connectivity index (χ1n) is 6.39. The molecule has 1 aromatic heterocycles. The molecule has 0 aliphatic carbocycles. The molecular formula is C16H16O5. The summed E-state index contributed by atoms with van der Waals surface area (Å²) in [6.45, 7) is 1.69. The predicted octanol–water partition coefficient (Wildman–Crippen LogP) is 3.06. The summed E-state index contributed by atoms with van der Waals surface area (Å²) in [6, 6.07) is 6.38. The SMILES string of the molecule is COc1ccc(C(=O)CC(=O)c2ccoc2C)cc1OC. The van der Waals surface area contributed by atoms with Gasteiger partial charge in [0, 0.05) is 5.56 Å². The maximum Gasteiger partial charge on any atom is 0.174 e. The minimum atomic E-state index is -0.276. The van der Waals surface area contributed by atoms with Gasteiger partial charge in [-0.2, -0.15) is 0 Å². The van der Waals surface area contributed by atoms with E-state index in [2.05, 4.69) is 0 Å². The number of rotatable bonds is 6. The number of benzene rings is 1. The van der Waals surface area contributed by atoms with Crippen molar-refractivity contribution < 1.29 is 23.5 Å². The Morgan fingerprint density at radius 2 is 1.76 bits per heavy atom. The molecular weight excluding hydrogens is 272 g/mol. The highest BCUT2D eigenvalue weighted by molar-refractivity contribution is 6.14. The van der Waals surface area contributed by atoms with E-state index in [0.29, 0.717) is 28.4 Å². The van der Waals surface area contributed by atoms with E-state index in [1.54, 1.807) is 31.2 Å². The molecule has 0 saturated heterocycles. The lowest BCUT2D eigenvalue weighted by molar-refractivity contribution is 0.0893. The summed E-state index contributed by atoms with van der Waals surface area (Å²) in [5.74, 6) is 0.962. The van der Waals surface area contributed by atoms with Gasteiger partial charge in [-0.3, -0.25) is 9.59 Å². The van der Waals surface area contributed by atoms with Gasteiger partial charge < -0.3 is 13.9 Å². The number of Topliss-reactive ketones (excluding diaryl/α,β-unsaturated/α-hetero) is 2. The molecule has 110 valence electrons. The van der Waals surface area contributed by atoms with E-state index < -0.39 is 0 Å². The van der Waals surface area contributed by atoms with Gasteiger partial charge in [-0.15, -0.1) is 0 Å². The fourth-order valence-electron chi connectivity index (χ4n) is 2.03. The van der Waals surface area contributed by atoms with Crippen LogP contribution in [-0.4, -0.2) is 25.8 Å². The van der Waals surface area contributed by atoms with Gasteiger partial charge in [-0.25, -0.2) is 0 Å². The Balaban J connectivity index is 2.17. The third kappa shape index (κ3) is 3.13. The van der Waals surface area contributed by atoms with Crippen LogP contribution in [0.2, 0.25) is 0 Å². The van der Waals surface area contributed by atoms with Crippen molar-refractivity contribution >= 4 is 11.6 Å². The van der Waals surface area contributed by atoms with Crippen LogP contribution in [-0.2, 0) is 0 Å². The summed E-state index contributed by atoms with van der Waals surface area (Å²) in [7, 11) is 3.01. The van der Waals surface area contributed by atoms with E-state index in [-0.39, 0.29) is 18.0 Å².